The Kier molecular flexibility index (Phi) is 8.11. The van der Waals surface area contributed by atoms with Crippen LogP contribution in [0.1, 0.15) is 59.6 Å². The topological polar surface area (TPSA) is 69.6 Å². The van der Waals surface area contributed by atoms with Crippen molar-refractivity contribution in [3.05, 3.63) is 83.4 Å². The average molecular weight is 467 g/mol. The second-order valence-electron chi connectivity index (χ2n) is 8.84. The third-order valence-electron chi connectivity index (χ3n) is 6.56. The van der Waals surface area contributed by atoms with Crippen molar-refractivity contribution in [1.82, 2.24) is 10.2 Å². The minimum absolute atomic E-state index is 0. The predicted octanol–water partition coefficient (Wildman–Crippen LogP) is 5.41. The van der Waals surface area contributed by atoms with Crippen LogP contribution in [-0.4, -0.2) is 41.5 Å². The quantitative estimate of drug-likeness (QED) is 0.488. The molecule has 33 heavy (non-hydrogen) atoms. The van der Waals surface area contributed by atoms with Crippen LogP contribution in [0.15, 0.2) is 66.7 Å². The number of carbonyl (C=O) groups excluding carboxylic acids is 1. The maximum Gasteiger partial charge on any atom is 0.323 e. The SMILES string of the molecule is C[C@@H](N[C@H]1CC[C@@H](c2ccc(C(=O)N(C)CC(=O)O)cc2)C1)c1cccc2ccccc12.Cl. The molecule has 0 saturated heterocycles. The molecule has 0 spiro atoms. The van der Waals surface area contributed by atoms with Crippen LogP contribution in [0.5, 0.6) is 0 Å². The number of nitrogens with one attached hydrogen (secondary N) is 1. The lowest BCUT2D eigenvalue weighted by molar-refractivity contribution is -0.137. The lowest BCUT2D eigenvalue weighted by Gasteiger charge is -2.22. The normalized spacial score (nSPS) is 18.5. The van der Waals surface area contributed by atoms with E-state index < -0.39 is 5.97 Å². The highest BCUT2D eigenvalue weighted by Gasteiger charge is 2.27. The zero-order chi connectivity index (χ0) is 22.7. The van der Waals surface area contributed by atoms with Crippen LogP contribution < -0.4 is 5.32 Å². The van der Waals surface area contributed by atoms with E-state index in [4.69, 9.17) is 5.11 Å². The number of amides is 1. The molecule has 2 N–H and O–H groups in total. The number of carbonyl (C=O) groups is 2. The first-order valence-corrected chi connectivity index (χ1v) is 11.2. The van der Waals surface area contributed by atoms with Gasteiger partial charge in [-0.3, -0.25) is 9.59 Å². The summed E-state index contributed by atoms with van der Waals surface area (Å²) in [5.74, 6) is -0.818. The van der Waals surface area contributed by atoms with Crippen molar-refractivity contribution in [2.24, 2.45) is 0 Å². The van der Waals surface area contributed by atoms with Gasteiger partial charge in [0, 0.05) is 24.7 Å². The van der Waals surface area contributed by atoms with E-state index in [-0.39, 0.29) is 30.9 Å². The molecule has 4 rings (SSSR count). The maximum absolute atomic E-state index is 12.4. The number of halogens is 1. The van der Waals surface area contributed by atoms with Crippen molar-refractivity contribution in [3.63, 3.8) is 0 Å². The van der Waals surface area contributed by atoms with Crippen LogP contribution in [-0.2, 0) is 4.79 Å². The largest absolute Gasteiger partial charge is 0.480 e. The van der Waals surface area contributed by atoms with E-state index in [1.54, 1.807) is 0 Å². The molecule has 6 heteroatoms. The number of carboxylic acids is 1. The molecule has 0 radical (unpaired) electrons. The van der Waals surface area contributed by atoms with Crippen molar-refractivity contribution < 1.29 is 14.7 Å². The molecule has 3 aromatic rings. The van der Waals surface area contributed by atoms with E-state index in [0.29, 0.717) is 17.5 Å². The van der Waals surface area contributed by atoms with E-state index >= 15 is 0 Å². The van der Waals surface area contributed by atoms with Crippen molar-refractivity contribution in [1.29, 1.82) is 0 Å². The second-order valence-corrected chi connectivity index (χ2v) is 8.84. The third kappa shape index (κ3) is 5.73. The average Bonchev–Trinajstić information content (AvgIpc) is 3.26. The van der Waals surface area contributed by atoms with Crippen LogP contribution in [0.25, 0.3) is 10.8 Å². The second kappa shape index (κ2) is 10.8. The van der Waals surface area contributed by atoms with Crippen molar-refractivity contribution in [2.45, 2.75) is 44.2 Å². The molecule has 1 fully saturated rings. The summed E-state index contributed by atoms with van der Waals surface area (Å²) >= 11 is 0. The first kappa shape index (κ1) is 24.7. The van der Waals surface area contributed by atoms with Crippen LogP contribution in [0.2, 0.25) is 0 Å². The molecule has 0 heterocycles. The van der Waals surface area contributed by atoms with Crippen LogP contribution in [0, 0.1) is 0 Å². The molecule has 174 valence electrons. The fraction of sp³-hybridized carbons (Fsp3) is 0.333. The Labute approximate surface area is 201 Å². The van der Waals surface area contributed by atoms with Gasteiger partial charge < -0.3 is 15.3 Å². The van der Waals surface area contributed by atoms with Gasteiger partial charge in [-0.25, -0.2) is 0 Å². The molecule has 0 unspecified atom stereocenters. The Morgan fingerprint density at radius 1 is 1.03 bits per heavy atom. The fourth-order valence-corrected chi connectivity index (χ4v) is 4.90. The number of aliphatic carboxylic acids is 1. The van der Waals surface area contributed by atoms with E-state index in [1.165, 1.54) is 33.8 Å². The highest BCUT2D eigenvalue weighted by atomic mass is 35.5. The van der Waals surface area contributed by atoms with Gasteiger partial charge in [-0.15, -0.1) is 12.4 Å². The summed E-state index contributed by atoms with van der Waals surface area (Å²) in [6.07, 6.45) is 3.31. The van der Waals surface area contributed by atoms with Gasteiger partial charge in [0.1, 0.15) is 6.54 Å². The summed E-state index contributed by atoms with van der Waals surface area (Å²) in [5, 5.41) is 15.3. The molecule has 0 aromatic heterocycles. The van der Waals surface area contributed by atoms with Crippen LogP contribution in [0.4, 0.5) is 0 Å². The van der Waals surface area contributed by atoms with Gasteiger partial charge >= 0.3 is 5.97 Å². The Morgan fingerprint density at radius 3 is 2.45 bits per heavy atom. The van der Waals surface area contributed by atoms with Gasteiger partial charge in [0.2, 0.25) is 0 Å². The smallest absolute Gasteiger partial charge is 0.323 e. The highest BCUT2D eigenvalue weighted by Crippen LogP contribution is 2.36. The summed E-state index contributed by atoms with van der Waals surface area (Å²) in [6.45, 7) is 1.94. The van der Waals surface area contributed by atoms with E-state index in [1.807, 2.05) is 24.3 Å². The van der Waals surface area contributed by atoms with Crippen molar-refractivity contribution >= 4 is 35.1 Å². The lowest BCUT2D eigenvalue weighted by atomic mass is 9.95. The number of carboxylic acid groups (broad SMARTS) is 1. The molecule has 3 atom stereocenters. The molecular formula is C27H31ClN2O3. The standard InChI is InChI=1S/C27H30N2O3.ClH/c1-18(24-9-5-7-20-6-3-4-8-25(20)24)28-23-15-14-22(16-23)19-10-12-21(13-11-19)27(32)29(2)17-26(30)31;/h3-13,18,22-23,28H,14-17H2,1-2H3,(H,30,31);1H/t18-,22-,23+;/m1./s1. The number of likely N-dealkylation sites (N-methyl/N-ethyl adjacent to an activating group) is 1. The summed E-state index contributed by atoms with van der Waals surface area (Å²) < 4.78 is 0. The number of nitrogens with zero attached hydrogens (tertiary/aromatic N) is 1. The van der Waals surface area contributed by atoms with Crippen molar-refractivity contribution in [3.8, 4) is 0 Å². The monoisotopic (exact) mass is 466 g/mol. The molecule has 1 saturated carbocycles. The number of rotatable bonds is 7. The van der Waals surface area contributed by atoms with Gasteiger partial charge in [-0.05, 0) is 66.1 Å². The van der Waals surface area contributed by atoms with E-state index in [0.717, 1.165) is 19.3 Å². The summed E-state index contributed by atoms with van der Waals surface area (Å²) in [4.78, 5) is 24.4. The third-order valence-corrected chi connectivity index (χ3v) is 6.56. The summed E-state index contributed by atoms with van der Waals surface area (Å²) in [6, 6.07) is 23.4. The Bertz CT molecular complexity index is 1110. The van der Waals surface area contributed by atoms with Crippen LogP contribution >= 0.6 is 12.4 Å². The molecule has 1 aliphatic carbocycles. The first-order chi connectivity index (χ1) is 15.4. The van der Waals surface area contributed by atoms with Gasteiger partial charge in [0.15, 0.2) is 0 Å². The molecule has 1 aliphatic rings. The fourth-order valence-electron chi connectivity index (χ4n) is 4.90. The molecule has 1 amide bonds. The van der Waals surface area contributed by atoms with Gasteiger partial charge in [-0.2, -0.15) is 0 Å². The minimum atomic E-state index is -1.01. The molecule has 0 bridgehead atoms. The highest BCUT2D eigenvalue weighted by molar-refractivity contribution is 5.95. The van der Waals surface area contributed by atoms with E-state index in [9.17, 15) is 9.59 Å². The predicted molar refractivity (Wildman–Crippen MR) is 134 cm³/mol. The summed E-state index contributed by atoms with van der Waals surface area (Å²) in [5.41, 5.74) is 3.10. The minimum Gasteiger partial charge on any atom is -0.480 e. The lowest BCUT2D eigenvalue weighted by Crippen LogP contribution is -2.31. The number of hydrogen-bond acceptors (Lipinski definition) is 3. The number of fused-ring (bicyclic) bond motifs is 1. The Morgan fingerprint density at radius 2 is 1.73 bits per heavy atom. The van der Waals surface area contributed by atoms with Crippen molar-refractivity contribution in [2.75, 3.05) is 13.6 Å². The van der Waals surface area contributed by atoms with Gasteiger partial charge in [-0.1, -0.05) is 54.6 Å². The van der Waals surface area contributed by atoms with E-state index in [2.05, 4.69) is 54.7 Å². The zero-order valence-corrected chi connectivity index (χ0v) is 19.8. The number of benzene rings is 3. The maximum atomic E-state index is 12.4. The Hall–Kier alpha value is -2.89. The molecular weight excluding hydrogens is 436 g/mol. The molecule has 3 aromatic carbocycles. The van der Waals surface area contributed by atoms with Crippen LogP contribution in [0.3, 0.4) is 0 Å². The zero-order valence-electron chi connectivity index (χ0n) is 19.0. The van der Waals surface area contributed by atoms with Gasteiger partial charge in [0.05, 0.1) is 0 Å². The molecule has 0 aliphatic heterocycles. The Balaban J connectivity index is 0.00000306. The molecule has 5 nitrogen and oxygen atoms in total. The first-order valence-electron chi connectivity index (χ1n) is 11.2. The number of hydrogen-bond donors (Lipinski definition) is 2. The van der Waals surface area contributed by atoms with Gasteiger partial charge in [0.25, 0.3) is 5.91 Å². The summed E-state index contributed by atoms with van der Waals surface area (Å²) in [7, 11) is 1.51.